The molecule has 0 spiro atoms. The van der Waals surface area contributed by atoms with Crippen molar-refractivity contribution in [2.75, 3.05) is 5.32 Å². The van der Waals surface area contributed by atoms with Crippen LogP contribution in [0.4, 0.5) is 11.5 Å². The number of hydrogen-bond acceptors (Lipinski definition) is 4. The molecular weight excluding hydrogens is 262 g/mol. The fourth-order valence-electron chi connectivity index (χ4n) is 1.86. The number of nitrogens with one attached hydrogen (secondary N) is 1. The zero-order valence-electron chi connectivity index (χ0n) is 10.6. The lowest BCUT2D eigenvalue weighted by Crippen LogP contribution is -1.98. The maximum atomic E-state index is 5.94. The summed E-state index contributed by atoms with van der Waals surface area (Å²) in [5, 5.41) is 8.45. The number of halogens is 1. The van der Waals surface area contributed by atoms with Gasteiger partial charge in [-0.05, 0) is 30.7 Å². The molecule has 96 valence electrons. The molecular formula is C13H12ClN5. The number of hydrogen-bond donors (Lipinski definition) is 1. The number of aromatic nitrogens is 4. The molecule has 19 heavy (non-hydrogen) atoms. The van der Waals surface area contributed by atoms with E-state index in [0.29, 0.717) is 11.5 Å². The van der Waals surface area contributed by atoms with Crippen molar-refractivity contribution < 1.29 is 0 Å². The first-order chi connectivity index (χ1) is 9.13. The Morgan fingerprint density at radius 3 is 2.63 bits per heavy atom. The molecule has 2 heterocycles. The van der Waals surface area contributed by atoms with Crippen LogP contribution in [0.2, 0.25) is 5.28 Å². The molecule has 6 heteroatoms. The molecule has 0 saturated carbocycles. The summed E-state index contributed by atoms with van der Waals surface area (Å²) in [6.07, 6.45) is 1.72. The number of anilines is 2. The van der Waals surface area contributed by atoms with Gasteiger partial charge in [0.05, 0.1) is 11.6 Å². The molecule has 0 fully saturated rings. The maximum Gasteiger partial charge on any atom is 0.226 e. The molecule has 0 atom stereocenters. The monoisotopic (exact) mass is 273 g/mol. The molecule has 0 aliphatic carbocycles. The number of rotatable bonds is 2. The van der Waals surface area contributed by atoms with Crippen molar-refractivity contribution in [1.82, 2.24) is 19.7 Å². The molecule has 3 aromatic rings. The van der Waals surface area contributed by atoms with Gasteiger partial charge < -0.3 is 5.32 Å². The van der Waals surface area contributed by atoms with Crippen molar-refractivity contribution in [3.63, 3.8) is 0 Å². The lowest BCUT2D eigenvalue weighted by Gasteiger charge is -2.07. The largest absolute Gasteiger partial charge is 0.339 e. The lowest BCUT2D eigenvalue weighted by atomic mass is 10.2. The van der Waals surface area contributed by atoms with Gasteiger partial charge >= 0.3 is 0 Å². The van der Waals surface area contributed by atoms with Crippen molar-refractivity contribution in [2.45, 2.75) is 6.92 Å². The van der Waals surface area contributed by atoms with E-state index in [1.165, 1.54) is 5.56 Å². The van der Waals surface area contributed by atoms with Gasteiger partial charge in [0.1, 0.15) is 5.82 Å². The fourth-order valence-corrected chi connectivity index (χ4v) is 2.03. The standard InChI is InChI=1S/C13H12ClN5/c1-8-3-5-9(6-4-8)16-11-10-7-15-19(2)12(10)18-13(14)17-11/h3-7H,1-2H3,(H,16,17,18). The van der Waals surface area contributed by atoms with Gasteiger partial charge in [0.25, 0.3) is 0 Å². The Hall–Kier alpha value is -2.14. The van der Waals surface area contributed by atoms with Crippen LogP contribution in [0.5, 0.6) is 0 Å². The van der Waals surface area contributed by atoms with Crippen molar-refractivity contribution in [2.24, 2.45) is 7.05 Å². The zero-order valence-corrected chi connectivity index (χ0v) is 11.3. The average Bonchev–Trinajstić information content (AvgIpc) is 2.74. The zero-order chi connectivity index (χ0) is 13.4. The summed E-state index contributed by atoms with van der Waals surface area (Å²) in [6.45, 7) is 2.05. The molecule has 1 aromatic carbocycles. The summed E-state index contributed by atoms with van der Waals surface area (Å²) in [5.74, 6) is 0.659. The molecule has 0 bridgehead atoms. The van der Waals surface area contributed by atoms with E-state index in [9.17, 15) is 0 Å². The topological polar surface area (TPSA) is 55.6 Å². The molecule has 0 amide bonds. The molecule has 5 nitrogen and oxygen atoms in total. The normalized spacial score (nSPS) is 10.9. The first kappa shape index (κ1) is 11.9. The number of nitrogens with zero attached hydrogens (tertiary/aromatic N) is 4. The van der Waals surface area contributed by atoms with Crippen LogP contribution in [0.1, 0.15) is 5.56 Å². The summed E-state index contributed by atoms with van der Waals surface area (Å²) >= 11 is 5.94. The molecule has 0 unspecified atom stereocenters. The highest BCUT2D eigenvalue weighted by Gasteiger charge is 2.10. The van der Waals surface area contributed by atoms with Gasteiger partial charge in [0, 0.05) is 12.7 Å². The SMILES string of the molecule is Cc1ccc(Nc2nc(Cl)nc3c2cnn3C)cc1. The van der Waals surface area contributed by atoms with Crippen LogP contribution in [-0.4, -0.2) is 19.7 Å². The van der Waals surface area contributed by atoms with Gasteiger partial charge in [-0.3, -0.25) is 4.68 Å². The highest BCUT2D eigenvalue weighted by atomic mass is 35.5. The minimum absolute atomic E-state index is 0.200. The molecule has 0 aliphatic rings. The Balaban J connectivity index is 2.07. The summed E-state index contributed by atoms with van der Waals surface area (Å²) in [4.78, 5) is 8.39. The van der Waals surface area contributed by atoms with E-state index in [2.05, 4.69) is 20.4 Å². The van der Waals surface area contributed by atoms with Gasteiger partial charge in [0.2, 0.25) is 5.28 Å². The van der Waals surface area contributed by atoms with Gasteiger partial charge in [-0.2, -0.15) is 15.1 Å². The van der Waals surface area contributed by atoms with E-state index in [0.717, 1.165) is 11.1 Å². The Kier molecular flexibility index (Phi) is 2.83. The second-order valence-corrected chi connectivity index (χ2v) is 4.68. The Bertz CT molecular complexity index is 733. The Morgan fingerprint density at radius 1 is 1.16 bits per heavy atom. The number of benzene rings is 1. The van der Waals surface area contributed by atoms with Crippen molar-refractivity contribution in [1.29, 1.82) is 0 Å². The third kappa shape index (κ3) is 2.24. The number of fused-ring (bicyclic) bond motifs is 1. The van der Waals surface area contributed by atoms with Crippen LogP contribution in [0.15, 0.2) is 30.5 Å². The van der Waals surface area contributed by atoms with Crippen LogP contribution < -0.4 is 5.32 Å². The van der Waals surface area contributed by atoms with E-state index in [1.54, 1.807) is 10.9 Å². The summed E-state index contributed by atoms with van der Waals surface area (Å²) in [7, 11) is 1.82. The minimum Gasteiger partial charge on any atom is -0.339 e. The third-order valence-corrected chi connectivity index (χ3v) is 3.05. The maximum absolute atomic E-state index is 5.94. The minimum atomic E-state index is 0.200. The third-order valence-electron chi connectivity index (χ3n) is 2.88. The predicted octanol–water partition coefficient (Wildman–Crippen LogP) is 3.07. The lowest BCUT2D eigenvalue weighted by molar-refractivity contribution is 0.785. The Labute approximate surface area is 115 Å². The molecule has 0 saturated heterocycles. The average molecular weight is 274 g/mol. The van der Waals surface area contributed by atoms with Crippen molar-refractivity contribution in [3.8, 4) is 0 Å². The highest BCUT2D eigenvalue weighted by molar-refractivity contribution is 6.28. The summed E-state index contributed by atoms with van der Waals surface area (Å²) in [6, 6.07) is 8.05. The first-order valence-electron chi connectivity index (χ1n) is 5.82. The second kappa shape index (κ2) is 4.51. The Morgan fingerprint density at radius 2 is 1.89 bits per heavy atom. The summed E-state index contributed by atoms with van der Waals surface area (Å²) in [5.41, 5.74) is 2.86. The second-order valence-electron chi connectivity index (χ2n) is 4.34. The quantitative estimate of drug-likeness (QED) is 0.729. The summed E-state index contributed by atoms with van der Waals surface area (Å²) < 4.78 is 1.67. The molecule has 2 aromatic heterocycles. The molecule has 0 radical (unpaired) electrons. The van der Waals surface area contributed by atoms with E-state index < -0.39 is 0 Å². The van der Waals surface area contributed by atoms with E-state index in [-0.39, 0.29) is 5.28 Å². The molecule has 0 aliphatic heterocycles. The first-order valence-corrected chi connectivity index (χ1v) is 6.20. The van der Waals surface area contributed by atoms with Crippen LogP contribution >= 0.6 is 11.6 Å². The van der Waals surface area contributed by atoms with Gasteiger partial charge in [-0.25, -0.2) is 0 Å². The van der Waals surface area contributed by atoms with Crippen molar-refractivity contribution in [3.05, 3.63) is 41.3 Å². The predicted molar refractivity (Wildman–Crippen MR) is 75.8 cm³/mol. The highest BCUT2D eigenvalue weighted by Crippen LogP contribution is 2.24. The van der Waals surface area contributed by atoms with Crippen LogP contribution in [0.25, 0.3) is 11.0 Å². The smallest absolute Gasteiger partial charge is 0.226 e. The van der Waals surface area contributed by atoms with Gasteiger partial charge in [0.15, 0.2) is 5.65 Å². The molecule has 3 rings (SSSR count). The number of aryl methyl sites for hydroxylation is 2. The fraction of sp³-hybridized carbons (Fsp3) is 0.154. The van der Waals surface area contributed by atoms with Crippen LogP contribution in [-0.2, 0) is 7.05 Å². The van der Waals surface area contributed by atoms with E-state index in [1.807, 2.05) is 38.2 Å². The van der Waals surface area contributed by atoms with Crippen molar-refractivity contribution >= 4 is 34.1 Å². The van der Waals surface area contributed by atoms with Gasteiger partial charge in [-0.1, -0.05) is 17.7 Å². The van der Waals surface area contributed by atoms with Crippen LogP contribution in [0, 0.1) is 6.92 Å². The van der Waals surface area contributed by atoms with E-state index in [4.69, 9.17) is 11.6 Å². The molecule has 1 N–H and O–H groups in total. The van der Waals surface area contributed by atoms with E-state index >= 15 is 0 Å². The van der Waals surface area contributed by atoms with Gasteiger partial charge in [-0.15, -0.1) is 0 Å². The van der Waals surface area contributed by atoms with Crippen LogP contribution in [0.3, 0.4) is 0 Å².